The largest absolute Gasteiger partial charge is 0.365 e. The van der Waals surface area contributed by atoms with Gasteiger partial charge in [0.25, 0.3) is 5.56 Å². The predicted octanol–water partition coefficient (Wildman–Crippen LogP) is 2.51. The quantitative estimate of drug-likeness (QED) is 0.808. The van der Waals surface area contributed by atoms with Crippen molar-refractivity contribution >= 4 is 45.5 Å². The van der Waals surface area contributed by atoms with Gasteiger partial charge in [0.05, 0.1) is 11.9 Å². The van der Waals surface area contributed by atoms with Crippen LogP contribution < -0.4 is 21.1 Å². The Morgan fingerprint density at radius 3 is 2.88 bits per heavy atom. The van der Waals surface area contributed by atoms with Crippen LogP contribution in [-0.4, -0.2) is 35.2 Å². The van der Waals surface area contributed by atoms with Crippen molar-refractivity contribution in [2.45, 2.75) is 13.0 Å². The van der Waals surface area contributed by atoms with E-state index >= 15 is 0 Å². The number of hydrogen-bond donors (Lipinski definition) is 2. The van der Waals surface area contributed by atoms with Crippen LogP contribution in [-0.2, 0) is 7.05 Å². The van der Waals surface area contributed by atoms with Gasteiger partial charge in [-0.15, -0.1) is 12.4 Å². The maximum atomic E-state index is 12.1. The van der Waals surface area contributed by atoms with Crippen molar-refractivity contribution in [1.29, 1.82) is 0 Å². The van der Waals surface area contributed by atoms with Gasteiger partial charge in [-0.05, 0) is 41.1 Å². The topological polar surface area (TPSA) is 62.2 Å². The van der Waals surface area contributed by atoms with E-state index in [2.05, 4.69) is 43.4 Å². The van der Waals surface area contributed by atoms with Gasteiger partial charge < -0.3 is 20.1 Å². The lowest BCUT2D eigenvalue weighted by molar-refractivity contribution is 0.500. The Morgan fingerprint density at radius 1 is 1.42 bits per heavy atom. The van der Waals surface area contributed by atoms with E-state index in [1.54, 1.807) is 19.3 Å². The molecule has 1 saturated heterocycles. The van der Waals surface area contributed by atoms with Crippen molar-refractivity contribution in [3.63, 3.8) is 0 Å². The van der Waals surface area contributed by atoms with Gasteiger partial charge in [-0.3, -0.25) is 4.79 Å². The lowest BCUT2D eigenvalue weighted by atomic mass is 10.2. The van der Waals surface area contributed by atoms with E-state index in [4.69, 9.17) is 0 Å². The van der Waals surface area contributed by atoms with Crippen molar-refractivity contribution in [2.75, 3.05) is 29.9 Å². The molecular formula is C16H21BrClN5O. The average molecular weight is 415 g/mol. The lowest BCUT2D eigenvalue weighted by Gasteiger charge is -2.35. The van der Waals surface area contributed by atoms with Gasteiger partial charge >= 0.3 is 0 Å². The molecule has 0 saturated carbocycles. The van der Waals surface area contributed by atoms with Crippen LogP contribution in [0.4, 0.5) is 17.2 Å². The normalized spacial score (nSPS) is 17.3. The summed E-state index contributed by atoms with van der Waals surface area (Å²) in [6, 6.07) is 6.15. The Kier molecular flexibility index (Phi) is 6.26. The number of pyridine rings is 2. The first-order valence-corrected chi connectivity index (χ1v) is 8.40. The van der Waals surface area contributed by atoms with E-state index in [0.29, 0.717) is 17.5 Å². The van der Waals surface area contributed by atoms with Crippen molar-refractivity contribution in [3.05, 3.63) is 45.4 Å². The Bertz CT molecular complexity index is 749. The fourth-order valence-electron chi connectivity index (χ4n) is 2.75. The second-order valence-corrected chi connectivity index (χ2v) is 6.68. The summed E-state index contributed by atoms with van der Waals surface area (Å²) in [6.45, 7) is 5.14. The molecule has 2 aromatic heterocycles. The number of aromatic nitrogens is 2. The number of aryl methyl sites for hydroxylation is 1. The van der Waals surface area contributed by atoms with Crippen LogP contribution in [0.5, 0.6) is 0 Å². The van der Waals surface area contributed by atoms with E-state index in [0.717, 1.165) is 29.8 Å². The molecule has 6 nitrogen and oxygen atoms in total. The Hall–Kier alpha value is -1.57. The standard InChI is InChI=1S/C16H20BrN5O.ClH/c1-11-8-18-5-6-22(11)13-3-4-15(19-9-13)20-14-7-12(17)10-21(2)16(14)23;/h3-4,7,9-11,18H,5-6,8H2,1-2H3,(H,19,20);1H/t11-;/m0./s1. The first kappa shape index (κ1) is 18.8. The minimum Gasteiger partial charge on any atom is -0.365 e. The molecule has 1 atom stereocenters. The highest BCUT2D eigenvalue weighted by Crippen LogP contribution is 2.21. The van der Waals surface area contributed by atoms with Gasteiger partial charge in [-0.1, -0.05) is 0 Å². The Morgan fingerprint density at radius 2 is 2.21 bits per heavy atom. The molecule has 0 bridgehead atoms. The summed E-state index contributed by atoms with van der Waals surface area (Å²) >= 11 is 3.40. The van der Waals surface area contributed by atoms with Crippen LogP contribution in [0.1, 0.15) is 6.92 Å². The SMILES string of the molecule is C[C@H]1CNCCN1c1ccc(Nc2cc(Br)cn(C)c2=O)nc1.Cl. The molecule has 1 aliphatic heterocycles. The van der Waals surface area contributed by atoms with E-state index in [1.165, 1.54) is 4.57 Å². The fraction of sp³-hybridized carbons (Fsp3) is 0.375. The second kappa shape index (κ2) is 8.00. The van der Waals surface area contributed by atoms with Crippen molar-refractivity contribution < 1.29 is 0 Å². The molecule has 1 aliphatic rings. The molecule has 2 aromatic rings. The molecule has 24 heavy (non-hydrogen) atoms. The maximum absolute atomic E-state index is 12.1. The highest BCUT2D eigenvalue weighted by molar-refractivity contribution is 9.10. The zero-order valence-corrected chi connectivity index (χ0v) is 16.0. The third-order valence-electron chi connectivity index (χ3n) is 3.99. The summed E-state index contributed by atoms with van der Waals surface area (Å²) in [5.74, 6) is 0.659. The molecule has 8 heteroatoms. The van der Waals surface area contributed by atoms with Crippen molar-refractivity contribution in [1.82, 2.24) is 14.9 Å². The second-order valence-electron chi connectivity index (χ2n) is 5.76. The first-order valence-electron chi connectivity index (χ1n) is 7.61. The smallest absolute Gasteiger partial charge is 0.274 e. The first-order chi connectivity index (χ1) is 11.0. The van der Waals surface area contributed by atoms with Crippen LogP contribution in [0.3, 0.4) is 0 Å². The number of piperazine rings is 1. The summed E-state index contributed by atoms with van der Waals surface area (Å²) in [7, 11) is 1.72. The molecule has 0 amide bonds. The molecule has 0 aliphatic carbocycles. The molecular weight excluding hydrogens is 394 g/mol. The maximum Gasteiger partial charge on any atom is 0.274 e. The minimum atomic E-state index is -0.0881. The van der Waals surface area contributed by atoms with Crippen LogP contribution in [0.2, 0.25) is 0 Å². The highest BCUT2D eigenvalue weighted by Gasteiger charge is 2.18. The monoisotopic (exact) mass is 413 g/mol. The number of hydrogen-bond acceptors (Lipinski definition) is 5. The van der Waals surface area contributed by atoms with Gasteiger partial charge in [-0.2, -0.15) is 0 Å². The van der Waals surface area contributed by atoms with E-state index in [1.807, 2.05) is 18.3 Å². The van der Waals surface area contributed by atoms with Crippen molar-refractivity contribution in [2.24, 2.45) is 7.05 Å². The third-order valence-corrected chi connectivity index (χ3v) is 4.43. The van der Waals surface area contributed by atoms with Gasteiger partial charge in [-0.25, -0.2) is 4.98 Å². The highest BCUT2D eigenvalue weighted by atomic mass is 79.9. The molecule has 3 heterocycles. The molecule has 0 radical (unpaired) electrons. The van der Waals surface area contributed by atoms with Gasteiger partial charge in [0.2, 0.25) is 0 Å². The van der Waals surface area contributed by atoms with Gasteiger partial charge in [0.15, 0.2) is 0 Å². The number of nitrogens with one attached hydrogen (secondary N) is 2. The Labute approximate surface area is 155 Å². The van der Waals surface area contributed by atoms with E-state index in [9.17, 15) is 4.79 Å². The summed E-state index contributed by atoms with van der Waals surface area (Å²) in [5.41, 5.74) is 1.51. The molecule has 1 fully saturated rings. The zero-order chi connectivity index (χ0) is 16.4. The lowest BCUT2D eigenvalue weighted by Crippen LogP contribution is -2.49. The summed E-state index contributed by atoms with van der Waals surface area (Å²) < 4.78 is 2.37. The molecule has 0 unspecified atom stereocenters. The molecule has 2 N–H and O–H groups in total. The van der Waals surface area contributed by atoms with Crippen molar-refractivity contribution in [3.8, 4) is 0 Å². The van der Waals surface area contributed by atoms with Crippen LogP contribution in [0.15, 0.2) is 39.9 Å². The summed E-state index contributed by atoms with van der Waals surface area (Å²) in [5, 5.41) is 6.47. The van der Waals surface area contributed by atoms with Gasteiger partial charge in [0, 0.05) is 43.4 Å². The minimum absolute atomic E-state index is 0. The van der Waals surface area contributed by atoms with E-state index < -0.39 is 0 Å². The molecule has 0 spiro atoms. The number of anilines is 3. The summed E-state index contributed by atoms with van der Waals surface area (Å²) in [6.07, 6.45) is 3.59. The molecule has 0 aromatic carbocycles. The fourth-order valence-corrected chi connectivity index (χ4v) is 3.29. The number of nitrogens with zero attached hydrogens (tertiary/aromatic N) is 3. The molecule has 130 valence electrons. The number of halogens is 2. The van der Waals surface area contributed by atoms with Gasteiger partial charge in [0.1, 0.15) is 11.5 Å². The third kappa shape index (κ3) is 4.09. The van der Waals surface area contributed by atoms with Crippen LogP contribution in [0.25, 0.3) is 0 Å². The van der Waals surface area contributed by atoms with Crippen LogP contribution in [0, 0.1) is 0 Å². The number of rotatable bonds is 3. The predicted molar refractivity (Wildman–Crippen MR) is 104 cm³/mol. The van der Waals surface area contributed by atoms with E-state index in [-0.39, 0.29) is 18.0 Å². The van der Waals surface area contributed by atoms with Crippen LogP contribution >= 0.6 is 28.3 Å². The molecule has 3 rings (SSSR count). The summed E-state index contributed by atoms with van der Waals surface area (Å²) in [4.78, 5) is 18.9. The zero-order valence-electron chi connectivity index (χ0n) is 13.6. The average Bonchev–Trinajstić information content (AvgIpc) is 2.53. The Balaban J connectivity index is 0.00000208.